The summed E-state index contributed by atoms with van der Waals surface area (Å²) in [4.78, 5) is 32.2. The van der Waals surface area contributed by atoms with Crippen molar-refractivity contribution in [1.82, 2.24) is 4.98 Å². The summed E-state index contributed by atoms with van der Waals surface area (Å²) in [6.07, 6.45) is 0.401. The molecule has 0 aliphatic carbocycles. The smallest absolute Gasteiger partial charge is 0.341 e. The van der Waals surface area contributed by atoms with E-state index >= 15 is 0 Å². The molecule has 5 nitrogen and oxygen atoms in total. The number of benzene rings is 2. The molecule has 4 aromatic rings. The molecule has 0 saturated heterocycles. The standard InChI is InChI=1S/C27H25ClN2O3S/c1-5-17-16(4)34-26(24(17)27(32)33-15(2)3)30-25(31)20-14-23(19-11-6-8-12-21(19)28)29-22-13-9-7-10-18(20)22/h6-15H,5H2,1-4H3,(H,30,31). The molecule has 0 aliphatic rings. The zero-order valence-corrected chi connectivity index (χ0v) is 21.0. The van der Waals surface area contributed by atoms with E-state index in [1.54, 1.807) is 26.0 Å². The van der Waals surface area contributed by atoms with Crippen LogP contribution >= 0.6 is 22.9 Å². The van der Waals surface area contributed by atoms with Crippen LogP contribution in [0.25, 0.3) is 22.2 Å². The van der Waals surface area contributed by atoms with Crippen molar-refractivity contribution >= 4 is 50.7 Å². The lowest BCUT2D eigenvalue weighted by Crippen LogP contribution is -2.17. The highest BCUT2D eigenvalue weighted by Crippen LogP contribution is 2.36. The number of esters is 1. The molecular weight excluding hydrogens is 468 g/mol. The maximum absolute atomic E-state index is 13.6. The maximum Gasteiger partial charge on any atom is 0.341 e. The van der Waals surface area contributed by atoms with E-state index in [0.29, 0.717) is 44.2 Å². The predicted molar refractivity (Wildman–Crippen MR) is 139 cm³/mol. The fourth-order valence-electron chi connectivity index (χ4n) is 3.92. The Morgan fingerprint density at radius 3 is 2.53 bits per heavy atom. The summed E-state index contributed by atoms with van der Waals surface area (Å²) in [6.45, 7) is 7.54. The van der Waals surface area contributed by atoms with Gasteiger partial charge in [-0.05, 0) is 51.0 Å². The fourth-order valence-corrected chi connectivity index (χ4v) is 5.28. The van der Waals surface area contributed by atoms with E-state index in [4.69, 9.17) is 21.3 Å². The third-order valence-electron chi connectivity index (χ3n) is 5.45. The lowest BCUT2D eigenvalue weighted by atomic mass is 10.0. The molecule has 4 rings (SSSR count). The van der Waals surface area contributed by atoms with Crippen molar-refractivity contribution in [2.24, 2.45) is 0 Å². The number of fused-ring (bicyclic) bond motifs is 1. The second-order valence-electron chi connectivity index (χ2n) is 8.15. The molecule has 2 aromatic carbocycles. The number of rotatable bonds is 6. The Bertz CT molecular complexity index is 1390. The van der Waals surface area contributed by atoms with Gasteiger partial charge in [-0.3, -0.25) is 4.79 Å². The average Bonchev–Trinajstić information content (AvgIpc) is 3.12. The van der Waals surface area contributed by atoms with Crippen LogP contribution in [-0.4, -0.2) is 23.0 Å². The van der Waals surface area contributed by atoms with E-state index in [1.165, 1.54) is 11.3 Å². The molecule has 0 atom stereocenters. The highest BCUT2D eigenvalue weighted by atomic mass is 35.5. The first-order valence-electron chi connectivity index (χ1n) is 11.1. The van der Waals surface area contributed by atoms with Gasteiger partial charge >= 0.3 is 5.97 Å². The fraction of sp³-hybridized carbons (Fsp3) is 0.222. The lowest BCUT2D eigenvalue weighted by Gasteiger charge is -2.13. The summed E-state index contributed by atoms with van der Waals surface area (Å²) in [7, 11) is 0. The van der Waals surface area contributed by atoms with Crippen molar-refractivity contribution in [3.8, 4) is 11.3 Å². The number of ether oxygens (including phenoxy) is 1. The van der Waals surface area contributed by atoms with E-state index in [1.807, 2.05) is 56.3 Å². The number of nitrogens with one attached hydrogen (secondary N) is 1. The van der Waals surface area contributed by atoms with Gasteiger partial charge in [-0.15, -0.1) is 11.3 Å². The summed E-state index contributed by atoms with van der Waals surface area (Å²) < 4.78 is 5.47. The largest absolute Gasteiger partial charge is 0.459 e. The minimum Gasteiger partial charge on any atom is -0.459 e. The van der Waals surface area contributed by atoms with E-state index in [-0.39, 0.29) is 12.0 Å². The molecule has 174 valence electrons. The van der Waals surface area contributed by atoms with Crippen LogP contribution in [-0.2, 0) is 11.2 Å². The first-order chi connectivity index (χ1) is 16.3. The van der Waals surface area contributed by atoms with Gasteiger partial charge in [0.15, 0.2) is 0 Å². The molecule has 34 heavy (non-hydrogen) atoms. The third-order valence-corrected chi connectivity index (χ3v) is 6.84. The van der Waals surface area contributed by atoms with Crippen LogP contribution < -0.4 is 5.32 Å². The van der Waals surface area contributed by atoms with Crippen LogP contribution in [0.5, 0.6) is 0 Å². The van der Waals surface area contributed by atoms with Crippen molar-refractivity contribution < 1.29 is 14.3 Å². The average molecular weight is 493 g/mol. The van der Waals surface area contributed by atoms with E-state index in [9.17, 15) is 9.59 Å². The quantitative estimate of drug-likeness (QED) is 0.286. The number of aromatic nitrogens is 1. The van der Waals surface area contributed by atoms with Crippen LogP contribution in [0, 0.1) is 6.92 Å². The number of aryl methyl sites for hydroxylation is 1. The number of hydrogen-bond donors (Lipinski definition) is 1. The third kappa shape index (κ3) is 4.69. The van der Waals surface area contributed by atoms with Crippen LogP contribution in [0.4, 0.5) is 5.00 Å². The zero-order chi connectivity index (χ0) is 24.4. The number of halogens is 1. The zero-order valence-electron chi connectivity index (χ0n) is 19.4. The number of carbonyl (C=O) groups excluding carboxylic acids is 2. The molecule has 0 aliphatic heterocycles. The van der Waals surface area contributed by atoms with E-state index in [0.717, 1.165) is 16.0 Å². The second-order valence-corrected chi connectivity index (χ2v) is 9.79. The number of thiophene rings is 1. The van der Waals surface area contributed by atoms with Crippen LogP contribution in [0.2, 0.25) is 5.02 Å². The molecule has 0 saturated carbocycles. The van der Waals surface area contributed by atoms with E-state index < -0.39 is 5.97 Å². The number of pyridine rings is 1. The van der Waals surface area contributed by atoms with Crippen LogP contribution in [0.1, 0.15) is 51.9 Å². The Morgan fingerprint density at radius 1 is 1.12 bits per heavy atom. The molecular formula is C27H25ClN2O3S. The summed E-state index contributed by atoms with van der Waals surface area (Å²) in [6, 6.07) is 16.6. The molecule has 0 unspecified atom stereocenters. The van der Waals surface area contributed by atoms with Gasteiger partial charge in [0.05, 0.1) is 28.4 Å². The predicted octanol–water partition coefficient (Wildman–Crippen LogP) is 7.31. The van der Waals surface area contributed by atoms with Gasteiger partial charge in [-0.25, -0.2) is 9.78 Å². The molecule has 1 amide bonds. The maximum atomic E-state index is 13.6. The van der Waals surface area contributed by atoms with E-state index in [2.05, 4.69) is 5.32 Å². The first kappa shape index (κ1) is 23.9. The molecule has 0 radical (unpaired) electrons. The van der Waals surface area contributed by atoms with Gasteiger partial charge in [-0.2, -0.15) is 0 Å². The Kier molecular flexibility index (Phi) is 7.00. The van der Waals surface area contributed by atoms with Gasteiger partial charge in [0.25, 0.3) is 5.91 Å². The lowest BCUT2D eigenvalue weighted by molar-refractivity contribution is 0.0378. The number of amides is 1. The summed E-state index contributed by atoms with van der Waals surface area (Å²) in [5, 5.41) is 4.74. The highest BCUT2D eigenvalue weighted by molar-refractivity contribution is 7.16. The Hall–Kier alpha value is -3.22. The monoisotopic (exact) mass is 492 g/mol. The minimum absolute atomic E-state index is 0.261. The summed E-state index contributed by atoms with van der Waals surface area (Å²) >= 11 is 7.80. The van der Waals surface area contributed by atoms with Crippen LogP contribution in [0.3, 0.4) is 0 Å². The number of hydrogen-bond acceptors (Lipinski definition) is 5. The van der Waals surface area contributed by atoms with Crippen LogP contribution in [0.15, 0.2) is 54.6 Å². The first-order valence-corrected chi connectivity index (χ1v) is 12.3. The van der Waals surface area contributed by atoms with Crippen molar-refractivity contribution in [1.29, 1.82) is 0 Å². The topological polar surface area (TPSA) is 68.3 Å². The number of para-hydroxylation sites is 1. The molecule has 0 bridgehead atoms. The number of anilines is 1. The van der Waals surface area contributed by atoms with Gasteiger partial charge in [0, 0.05) is 20.8 Å². The van der Waals surface area contributed by atoms with Gasteiger partial charge in [-0.1, -0.05) is 54.9 Å². The van der Waals surface area contributed by atoms with Gasteiger partial charge in [0.1, 0.15) is 5.00 Å². The van der Waals surface area contributed by atoms with Crippen molar-refractivity contribution in [3.05, 3.63) is 81.2 Å². The van der Waals surface area contributed by atoms with Gasteiger partial charge < -0.3 is 10.1 Å². The molecule has 2 aromatic heterocycles. The number of carbonyl (C=O) groups is 2. The second kappa shape index (κ2) is 9.95. The summed E-state index contributed by atoms with van der Waals surface area (Å²) in [5.74, 6) is -0.753. The molecule has 0 fully saturated rings. The Balaban J connectivity index is 1.80. The SMILES string of the molecule is CCc1c(C)sc(NC(=O)c2cc(-c3ccccc3Cl)nc3ccccc23)c1C(=O)OC(C)C. The summed E-state index contributed by atoms with van der Waals surface area (Å²) in [5.41, 5.74) is 3.80. The Morgan fingerprint density at radius 2 is 1.82 bits per heavy atom. The number of nitrogens with zero attached hydrogens (tertiary/aromatic N) is 1. The normalized spacial score (nSPS) is 11.1. The molecule has 1 N–H and O–H groups in total. The van der Waals surface area contributed by atoms with Crippen molar-refractivity contribution in [3.63, 3.8) is 0 Å². The Labute approximate surface area is 207 Å². The molecule has 7 heteroatoms. The van der Waals surface area contributed by atoms with Crippen molar-refractivity contribution in [2.75, 3.05) is 5.32 Å². The van der Waals surface area contributed by atoms with Gasteiger partial charge in [0.2, 0.25) is 0 Å². The van der Waals surface area contributed by atoms with Crippen molar-refractivity contribution in [2.45, 2.75) is 40.2 Å². The molecule has 0 spiro atoms. The highest BCUT2D eigenvalue weighted by Gasteiger charge is 2.25. The minimum atomic E-state index is -0.428. The molecule has 2 heterocycles.